The van der Waals surface area contributed by atoms with E-state index >= 15 is 0 Å². The van der Waals surface area contributed by atoms with E-state index in [9.17, 15) is 9.18 Å². The Morgan fingerprint density at radius 3 is 2.84 bits per heavy atom. The maximum atomic E-state index is 13.2. The topological polar surface area (TPSA) is 72.9 Å². The number of rotatable bonds is 5. The van der Waals surface area contributed by atoms with Crippen LogP contribution in [0.2, 0.25) is 0 Å². The number of carbonyl (C=O) groups excluding carboxylic acids is 1. The second kappa shape index (κ2) is 6.24. The molecule has 1 amide bonds. The molecule has 1 atom stereocenters. The highest BCUT2D eigenvalue weighted by atomic mass is 32.1. The fourth-order valence-electron chi connectivity index (χ4n) is 2.91. The van der Waals surface area contributed by atoms with E-state index < -0.39 is 0 Å². The standard InChI is InChI=1S/C18H19FN4OS/c1-10-14-8-16(17(24)21-9-15(20)11-2-3-11)25-18(14)23(22-10)13-6-4-12(19)5-7-13/h4-8,11,15H,2-3,9,20H2,1H3,(H,21,24). The first-order valence-corrected chi connectivity index (χ1v) is 9.13. The smallest absolute Gasteiger partial charge is 0.261 e. The molecule has 3 N–H and O–H groups in total. The molecule has 1 unspecified atom stereocenters. The van der Waals surface area contributed by atoms with Crippen molar-refractivity contribution in [2.75, 3.05) is 6.54 Å². The number of aryl methyl sites for hydroxylation is 1. The van der Waals surface area contributed by atoms with E-state index in [0.29, 0.717) is 17.3 Å². The lowest BCUT2D eigenvalue weighted by Gasteiger charge is -2.10. The van der Waals surface area contributed by atoms with Crippen LogP contribution >= 0.6 is 11.3 Å². The van der Waals surface area contributed by atoms with Crippen LogP contribution in [0.5, 0.6) is 0 Å². The van der Waals surface area contributed by atoms with Crippen LogP contribution in [0, 0.1) is 18.7 Å². The summed E-state index contributed by atoms with van der Waals surface area (Å²) in [6, 6.07) is 8.05. The van der Waals surface area contributed by atoms with Crippen molar-refractivity contribution in [3.05, 3.63) is 46.7 Å². The van der Waals surface area contributed by atoms with Gasteiger partial charge in [0.05, 0.1) is 16.3 Å². The molecule has 25 heavy (non-hydrogen) atoms. The number of fused-ring (bicyclic) bond motifs is 1. The summed E-state index contributed by atoms with van der Waals surface area (Å²) in [6.45, 7) is 2.40. The highest BCUT2D eigenvalue weighted by molar-refractivity contribution is 7.20. The first kappa shape index (κ1) is 16.2. The number of thiophene rings is 1. The van der Waals surface area contributed by atoms with Crippen molar-refractivity contribution in [3.8, 4) is 5.69 Å². The third kappa shape index (κ3) is 3.17. The van der Waals surface area contributed by atoms with Gasteiger partial charge in [-0.3, -0.25) is 4.79 Å². The molecule has 0 saturated heterocycles. The van der Waals surface area contributed by atoms with Gasteiger partial charge >= 0.3 is 0 Å². The van der Waals surface area contributed by atoms with Crippen LogP contribution in [-0.2, 0) is 0 Å². The number of amides is 1. The summed E-state index contributed by atoms with van der Waals surface area (Å²) in [5.41, 5.74) is 7.65. The first-order chi connectivity index (χ1) is 12.0. The van der Waals surface area contributed by atoms with Crippen molar-refractivity contribution in [3.63, 3.8) is 0 Å². The Labute approximate surface area is 148 Å². The third-order valence-electron chi connectivity index (χ3n) is 4.57. The fourth-order valence-corrected chi connectivity index (χ4v) is 4.00. The Hall–Kier alpha value is -2.25. The van der Waals surface area contributed by atoms with Crippen LogP contribution in [-0.4, -0.2) is 28.3 Å². The van der Waals surface area contributed by atoms with E-state index in [1.165, 1.54) is 23.5 Å². The molecule has 1 aromatic carbocycles. The third-order valence-corrected chi connectivity index (χ3v) is 5.67. The Balaban J connectivity index is 1.60. The number of aromatic nitrogens is 2. The predicted octanol–water partition coefficient (Wildman–Crippen LogP) is 3.00. The minimum atomic E-state index is -0.290. The zero-order valence-electron chi connectivity index (χ0n) is 13.8. The van der Waals surface area contributed by atoms with Crippen molar-refractivity contribution < 1.29 is 9.18 Å². The zero-order valence-corrected chi connectivity index (χ0v) is 14.6. The lowest BCUT2D eigenvalue weighted by molar-refractivity contribution is 0.0954. The number of halogens is 1. The summed E-state index contributed by atoms with van der Waals surface area (Å²) in [7, 11) is 0. The zero-order chi connectivity index (χ0) is 17.6. The summed E-state index contributed by atoms with van der Waals surface area (Å²) in [6.07, 6.45) is 2.32. The van der Waals surface area contributed by atoms with Crippen LogP contribution < -0.4 is 11.1 Å². The van der Waals surface area contributed by atoms with Gasteiger partial charge in [-0.15, -0.1) is 11.3 Å². The number of hydrogen-bond acceptors (Lipinski definition) is 4. The van der Waals surface area contributed by atoms with Crippen molar-refractivity contribution in [2.45, 2.75) is 25.8 Å². The average molecular weight is 358 g/mol. The highest BCUT2D eigenvalue weighted by Gasteiger charge is 2.28. The maximum absolute atomic E-state index is 13.2. The summed E-state index contributed by atoms with van der Waals surface area (Å²) < 4.78 is 14.9. The van der Waals surface area contributed by atoms with Gasteiger partial charge in [0.25, 0.3) is 5.91 Å². The molecule has 0 aliphatic heterocycles. The van der Waals surface area contributed by atoms with Crippen LogP contribution in [0.4, 0.5) is 4.39 Å². The predicted molar refractivity (Wildman–Crippen MR) is 96.7 cm³/mol. The fraction of sp³-hybridized carbons (Fsp3) is 0.333. The van der Waals surface area contributed by atoms with E-state index in [1.807, 2.05) is 13.0 Å². The number of nitrogens with one attached hydrogen (secondary N) is 1. The van der Waals surface area contributed by atoms with Crippen molar-refractivity contribution >= 4 is 27.5 Å². The normalized spacial score (nSPS) is 15.5. The molecule has 1 fully saturated rings. The quantitative estimate of drug-likeness (QED) is 0.736. The molecule has 7 heteroatoms. The molecule has 0 bridgehead atoms. The summed E-state index contributed by atoms with van der Waals surface area (Å²) >= 11 is 1.38. The number of benzene rings is 1. The van der Waals surface area contributed by atoms with Gasteiger partial charge in [-0.2, -0.15) is 5.10 Å². The molecule has 130 valence electrons. The lowest BCUT2D eigenvalue weighted by atomic mass is 10.2. The minimum absolute atomic E-state index is 0.0368. The van der Waals surface area contributed by atoms with E-state index in [0.717, 1.165) is 34.4 Å². The average Bonchev–Trinajstić information content (AvgIpc) is 3.29. The van der Waals surface area contributed by atoms with Crippen molar-refractivity contribution in [2.24, 2.45) is 11.7 Å². The van der Waals surface area contributed by atoms with Gasteiger partial charge in [-0.1, -0.05) is 0 Å². The Kier molecular flexibility index (Phi) is 4.05. The number of nitrogens with zero attached hydrogens (tertiary/aromatic N) is 2. The van der Waals surface area contributed by atoms with Gasteiger partial charge in [0.1, 0.15) is 10.6 Å². The lowest BCUT2D eigenvalue weighted by Crippen LogP contribution is -2.38. The van der Waals surface area contributed by atoms with Crippen LogP contribution in [0.25, 0.3) is 15.9 Å². The Morgan fingerprint density at radius 1 is 1.44 bits per heavy atom. The molecule has 0 radical (unpaired) electrons. The maximum Gasteiger partial charge on any atom is 0.261 e. The highest BCUT2D eigenvalue weighted by Crippen LogP contribution is 2.32. The van der Waals surface area contributed by atoms with E-state index in [4.69, 9.17) is 5.73 Å². The monoisotopic (exact) mass is 358 g/mol. The number of nitrogens with two attached hydrogens (primary N) is 1. The summed E-state index contributed by atoms with van der Waals surface area (Å²) in [5, 5.41) is 8.37. The second-order valence-corrected chi connectivity index (χ2v) is 7.55. The van der Waals surface area contributed by atoms with Gasteiger partial charge in [0.2, 0.25) is 0 Å². The molecule has 1 aliphatic carbocycles. The number of carbonyl (C=O) groups is 1. The van der Waals surface area contributed by atoms with Gasteiger partial charge in [0, 0.05) is 18.0 Å². The SMILES string of the molecule is Cc1nn(-c2ccc(F)cc2)c2sc(C(=O)NCC(N)C3CC3)cc12. The largest absolute Gasteiger partial charge is 0.350 e. The molecular weight excluding hydrogens is 339 g/mol. The van der Waals surface area contributed by atoms with Gasteiger partial charge in [-0.25, -0.2) is 9.07 Å². The second-order valence-electron chi connectivity index (χ2n) is 6.51. The summed E-state index contributed by atoms with van der Waals surface area (Å²) in [5.74, 6) is 0.154. The first-order valence-electron chi connectivity index (χ1n) is 8.32. The van der Waals surface area contributed by atoms with Crippen molar-refractivity contribution in [1.82, 2.24) is 15.1 Å². The van der Waals surface area contributed by atoms with Gasteiger partial charge < -0.3 is 11.1 Å². The van der Waals surface area contributed by atoms with E-state index in [-0.39, 0.29) is 17.8 Å². The number of hydrogen-bond donors (Lipinski definition) is 2. The Bertz CT molecular complexity index is 927. The molecule has 1 saturated carbocycles. The summed E-state index contributed by atoms with van der Waals surface area (Å²) in [4.78, 5) is 13.9. The van der Waals surface area contributed by atoms with Crippen LogP contribution in [0.15, 0.2) is 30.3 Å². The minimum Gasteiger partial charge on any atom is -0.350 e. The van der Waals surface area contributed by atoms with E-state index in [1.54, 1.807) is 16.8 Å². The van der Waals surface area contributed by atoms with Crippen LogP contribution in [0.3, 0.4) is 0 Å². The molecular formula is C18H19FN4OS. The van der Waals surface area contributed by atoms with Gasteiger partial charge in [0.15, 0.2) is 0 Å². The van der Waals surface area contributed by atoms with E-state index in [2.05, 4.69) is 10.4 Å². The Morgan fingerprint density at radius 2 is 2.16 bits per heavy atom. The van der Waals surface area contributed by atoms with Crippen molar-refractivity contribution in [1.29, 1.82) is 0 Å². The molecule has 2 heterocycles. The van der Waals surface area contributed by atoms with Crippen LogP contribution in [0.1, 0.15) is 28.2 Å². The molecule has 4 rings (SSSR count). The molecule has 3 aromatic rings. The molecule has 0 spiro atoms. The molecule has 1 aliphatic rings. The molecule has 2 aromatic heterocycles. The molecule has 5 nitrogen and oxygen atoms in total. The van der Waals surface area contributed by atoms with Gasteiger partial charge in [-0.05, 0) is 56.0 Å².